The molecule has 1 aromatic rings. The van der Waals surface area contributed by atoms with Gasteiger partial charge in [0.05, 0.1) is 7.11 Å². The number of amides is 2. The Kier molecular flexibility index (Phi) is 5.84. The molecular formula is C20H30N2O3. The van der Waals surface area contributed by atoms with Gasteiger partial charge in [0.25, 0.3) is 0 Å². The zero-order chi connectivity index (χ0) is 17.7. The number of urea groups is 1. The van der Waals surface area contributed by atoms with E-state index in [1.807, 2.05) is 17.0 Å². The van der Waals surface area contributed by atoms with E-state index in [1.165, 1.54) is 18.4 Å². The summed E-state index contributed by atoms with van der Waals surface area (Å²) < 4.78 is 5.58. The predicted molar refractivity (Wildman–Crippen MR) is 97.9 cm³/mol. The normalized spacial score (nSPS) is 22.2. The molecule has 5 heteroatoms. The van der Waals surface area contributed by atoms with Gasteiger partial charge in [0.15, 0.2) is 0 Å². The first kappa shape index (κ1) is 18.1. The molecule has 1 saturated carbocycles. The summed E-state index contributed by atoms with van der Waals surface area (Å²) in [5.41, 5.74) is 1.20. The number of aliphatic hydroxyl groups excluding tert-OH is 1. The van der Waals surface area contributed by atoms with Crippen LogP contribution in [0.3, 0.4) is 0 Å². The number of nitrogens with zero attached hydrogens (tertiary/aromatic N) is 1. The first-order chi connectivity index (χ1) is 12.2. The molecule has 2 N–H and O–H groups in total. The summed E-state index contributed by atoms with van der Waals surface area (Å²) >= 11 is 0. The maximum absolute atomic E-state index is 12.6. The van der Waals surface area contributed by atoms with E-state index in [1.54, 1.807) is 7.11 Å². The van der Waals surface area contributed by atoms with Crippen LogP contribution in [0.2, 0.25) is 0 Å². The van der Waals surface area contributed by atoms with E-state index in [0.717, 1.165) is 44.5 Å². The number of rotatable bonds is 6. The van der Waals surface area contributed by atoms with E-state index in [4.69, 9.17) is 9.84 Å². The number of benzene rings is 1. The average Bonchev–Trinajstić information content (AvgIpc) is 3.30. The Labute approximate surface area is 150 Å². The highest BCUT2D eigenvalue weighted by atomic mass is 16.5. The third-order valence-corrected chi connectivity index (χ3v) is 5.93. The van der Waals surface area contributed by atoms with Crippen LogP contribution in [0.15, 0.2) is 24.3 Å². The number of aliphatic hydroxyl groups is 1. The van der Waals surface area contributed by atoms with Crippen LogP contribution in [0.5, 0.6) is 5.75 Å². The lowest BCUT2D eigenvalue weighted by atomic mass is 9.78. The van der Waals surface area contributed by atoms with Gasteiger partial charge in [0, 0.05) is 37.2 Å². The van der Waals surface area contributed by atoms with E-state index in [9.17, 15) is 4.79 Å². The summed E-state index contributed by atoms with van der Waals surface area (Å²) in [6.45, 7) is 2.41. The summed E-state index contributed by atoms with van der Waals surface area (Å²) in [5.74, 6) is 1.35. The fourth-order valence-corrected chi connectivity index (χ4v) is 4.47. The molecule has 25 heavy (non-hydrogen) atoms. The van der Waals surface area contributed by atoms with Crippen molar-refractivity contribution >= 4 is 6.03 Å². The largest absolute Gasteiger partial charge is 0.496 e. The number of methoxy groups -OCH3 is 1. The van der Waals surface area contributed by atoms with Crippen LogP contribution in [0.4, 0.5) is 4.79 Å². The molecule has 0 spiro atoms. The lowest BCUT2D eigenvalue weighted by molar-refractivity contribution is 0.200. The van der Waals surface area contributed by atoms with Crippen molar-refractivity contribution in [2.45, 2.75) is 43.9 Å². The third-order valence-electron chi connectivity index (χ3n) is 5.93. The van der Waals surface area contributed by atoms with E-state index in [-0.39, 0.29) is 18.1 Å². The molecule has 1 aromatic carbocycles. The van der Waals surface area contributed by atoms with Crippen LogP contribution in [0, 0.1) is 5.92 Å². The molecule has 2 fully saturated rings. The monoisotopic (exact) mass is 346 g/mol. The van der Waals surface area contributed by atoms with Gasteiger partial charge >= 0.3 is 6.03 Å². The number of para-hydroxylation sites is 1. The second-order valence-corrected chi connectivity index (χ2v) is 7.46. The van der Waals surface area contributed by atoms with Crippen molar-refractivity contribution in [2.75, 3.05) is 33.4 Å². The molecule has 1 aliphatic carbocycles. The fraction of sp³-hybridized carbons (Fsp3) is 0.650. The molecule has 1 heterocycles. The number of carbonyl (C=O) groups excluding carboxylic acids is 1. The van der Waals surface area contributed by atoms with Crippen LogP contribution in [0.1, 0.15) is 44.1 Å². The van der Waals surface area contributed by atoms with Crippen molar-refractivity contribution in [2.24, 2.45) is 5.92 Å². The Hall–Kier alpha value is -1.75. The molecule has 0 radical (unpaired) electrons. The minimum absolute atomic E-state index is 0.0213. The maximum atomic E-state index is 12.6. The lowest BCUT2D eigenvalue weighted by Gasteiger charge is -2.32. The molecule has 3 rings (SSSR count). The molecule has 1 atom stereocenters. The number of ether oxygens (including phenoxy) is 1. The van der Waals surface area contributed by atoms with Gasteiger partial charge in [-0.25, -0.2) is 4.79 Å². The first-order valence-corrected chi connectivity index (χ1v) is 9.46. The van der Waals surface area contributed by atoms with Gasteiger partial charge in [-0.2, -0.15) is 0 Å². The quantitative estimate of drug-likeness (QED) is 0.832. The highest BCUT2D eigenvalue weighted by molar-refractivity contribution is 5.74. The number of likely N-dealkylation sites (tertiary alicyclic amines) is 1. The average molecular weight is 346 g/mol. The molecule has 138 valence electrons. The number of hydrogen-bond acceptors (Lipinski definition) is 3. The SMILES string of the molecule is COc1ccccc1C1(CNC(=O)N2CC[C@H](CCO)C2)CCCC1. The molecule has 2 amide bonds. The maximum Gasteiger partial charge on any atom is 0.317 e. The molecular weight excluding hydrogens is 316 g/mol. The van der Waals surface area contributed by atoms with Crippen molar-refractivity contribution in [1.82, 2.24) is 10.2 Å². The number of carbonyl (C=O) groups is 1. The number of hydrogen-bond donors (Lipinski definition) is 2. The summed E-state index contributed by atoms with van der Waals surface area (Å²) in [7, 11) is 1.71. The van der Waals surface area contributed by atoms with E-state index in [0.29, 0.717) is 12.5 Å². The van der Waals surface area contributed by atoms with Crippen LogP contribution >= 0.6 is 0 Å². The second kappa shape index (κ2) is 8.09. The van der Waals surface area contributed by atoms with Crippen molar-refractivity contribution in [3.8, 4) is 5.75 Å². The summed E-state index contributed by atoms with van der Waals surface area (Å²) in [6.07, 6.45) is 6.33. The molecule has 1 aliphatic heterocycles. The van der Waals surface area contributed by atoms with Gasteiger partial charge in [0.2, 0.25) is 0 Å². The van der Waals surface area contributed by atoms with Crippen molar-refractivity contribution < 1.29 is 14.6 Å². The van der Waals surface area contributed by atoms with Crippen molar-refractivity contribution in [3.05, 3.63) is 29.8 Å². The van der Waals surface area contributed by atoms with Crippen molar-refractivity contribution in [1.29, 1.82) is 0 Å². The molecule has 0 bridgehead atoms. The van der Waals surface area contributed by atoms with E-state index in [2.05, 4.69) is 17.4 Å². The van der Waals surface area contributed by atoms with Gasteiger partial charge in [0.1, 0.15) is 5.75 Å². The fourth-order valence-electron chi connectivity index (χ4n) is 4.47. The van der Waals surface area contributed by atoms with E-state index >= 15 is 0 Å². The van der Waals surface area contributed by atoms with Crippen LogP contribution in [0.25, 0.3) is 0 Å². The minimum atomic E-state index is -0.0213. The van der Waals surface area contributed by atoms with E-state index < -0.39 is 0 Å². The van der Waals surface area contributed by atoms with Crippen LogP contribution < -0.4 is 10.1 Å². The molecule has 0 unspecified atom stereocenters. The van der Waals surface area contributed by atoms with Crippen LogP contribution in [-0.2, 0) is 5.41 Å². The molecule has 0 aromatic heterocycles. The summed E-state index contributed by atoms with van der Waals surface area (Å²) in [6, 6.07) is 8.23. The zero-order valence-corrected chi connectivity index (χ0v) is 15.2. The van der Waals surface area contributed by atoms with Gasteiger partial charge in [-0.3, -0.25) is 0 Å². The topological polar surface area (TPSA) is 61.8 Å². The zero-order valence-electron chi connectivity index (χ0n) is 15.2. The van der Waals surface area contributed by atoms with Gasteiger partial charge in [-0.1, -0.05) is 31.0 Å². The minimum Gasteiger partial charge on any atom is -0.496 e. The van der Waals surface area contributed by atoms with Crippen LogP contribution in [-0.4, -0.2) is 49.4 Å². The van der Waals surface area contributed by atoms with Gasteiger partial charge in [-0.05, 0) is 37.7 Å². The summed E-state index contributed by atoms with van der Waals surface area (Å²) in [4.78, 5) is 14.5. The third kappa shape index (κ3) is 3.92. The Bertz CT molecular complexity index is 584. The summed E-state index contributed by atoms with van der Waals surface area (Å²) in [5, 5.41) is 12.3. The Morgan fingerprint density at radius 1 is 1.36 bits per heavy atom. The van der Waals surface area contributed by atoms with Crippen molar-refractivity contribution in [3.63, 3.8) is 0 Å². The van der Waals surface area contributed by atoms with Gasteiger partial charge in [-0.15, -0.1) is 0 Å². The number of nitrogens with one attached hydrogen (secondary N) is 1. The Morgan fingerprint density at radius 3 is 2.84 bits per heavy atom. The molecule has 1 saturated heterocycles. The lowest BCUT2D eigenvalue weighted by Crippen LogP contribution is -2.45. The Morgan fingerprint density at radius 2 is 2.12 bits per heavy atom. The van der Waals surface area contributed by atoms with Gasteiger partial charge < -0.3 is 20.1 Å². The highest BCUT2D eigenvalue weighted by Crippen LogP contribution is 2.44. The first-order valence-electron chi connectivity index (χ1n) is 9.46. The highest BCUT2D eigenvalue weighted by Gasteiger charge is 2.38. The second-order valence-electron chi connectivity index (χ2n) is 7.46. The Balaban J connectivity index is 1.66. The molecule has 5 nitrogen and oxygen atoms in total. The predicted octanol–water partition coefficient (Wildman–Crippen LogP) is 2.92. The molecule has 2 aliphatic rings. The smallest absolute Gasteiger partial charge is 0.317 e. The standard InChI is InChI=1S/C20H30N2O3/c1-25-18-7-3-2-6-17(18)20(10-4-5-11-20)15-21-19(24)22-12-8-16(14-22)9-13-23/h2-3,6-7,16,23H,4-5,8-15H2,1H3,(H,21,24)/t16-/m1/s1.